The molecule has 0 spiro atoms. The number of thioether (sulfide) groups is 1. The van der Waals surface area contributed by atoms with Gasteiger partial charge in [-0.1, -0.05) is 20.8 Å². The Morgan fingerprint density at radius 2 is 1.86 bits per heavy atom. The molecule has 0 saturated heterocycles. The summed E-state index contributed by atoms with van der Waals surface area (Å²) in [4.78, 5) is 11.5. The van der Waals surface area contributed by atoms with Crippen molar-refractivity contribution < 1.29 is 9.90 Å². The van der Waals surface area contributed by atoms with Gasteiger partial charge in [-0.3, -0.25) is 4.79 Å². The summed E-state index contributed by atoms with van der Waals surface area (Å²) >= 11 is 1.57. The molecular weight excluding hydrogens is 198 g/mol. The van der Waals surface area contributed by atoms with Crippen LogP contribution < -0.4 is 5.32 Å². The van der Waals surface area contributed by atoms with Crippen LogP contribution in [0, 0.1) is 5.41 Å². The van der Waals surface area contributed by atoms with E-state index in [1.54, 1.807) is 18.7 Å². The molecule has 4 heteroatoms. The van der Waals surface area contributed by atoms with Crippen LogP contribution >= 0.6 is 11.8 Å². The predicted molar refractivity (Wildman–Crippen MR) is 61.5 cm³/mol. The Balaban J connectivity index is 4.00. The van der Waals surface area contributed by atoms with Crippen LogP contribution in [0.2, 0.25) is 0 Å². The molecule has 0 heterocycles. The highest BCUT2D eigenvalue weighted by atomic mass is 32.2. The third-order valence-corrected chi connectivity index (χ3v) is 2.68. The molecule has 0 aliphatic carbocycles. The highest BCUT2D eigenvalue weighted by Crippen LogP contribution is 2.14. The third-order valence-electron chi connectivity index (χ3n) is 1.77. The van der Waals surface area contributed by atoms with E-state index in [1.165, 1.54) is 0 Å². The lowest BCUT2D eigenvalue weighted by atomic mass is 9.95. The number of hydrogen-bond acceptors (Lipinski definition) is 3. The zero-order chi connectivity index (χ0) is 11.4. The first-order valence-electron chi connectivity index (χ1n) is 4.69. The number of nitrogens with one attached hydrogen (secondary N) is 1. The van der Waals surface area contributed by atoms with E-state index < -0.39 is 11.0 Å². The second-order valence-corrected chi connectivity index (χ2v) is 5.73. The maximum absolute atomic E-state index is 11.5. The summed E-state index contributed by atoms with van der Waals surface area (Å²) in [6, 6.07) is 0. The van der Waals surface area contributed by atoms with Gasteiger partial charge in [-0.05, 0) is 13.2 Å². The van der Waals surface area contributed by atoms with Gasteiger partial charge < -0.3 is 10.4 Å². The summed E-state index contributed by atoms with van der Waals surface area (Å²) < 4.78 is 0. The summed E-state index contributed by atoms with van der Waals surface area (Å²) in [7, 11) is 0. The first kappa shape index (κ1) is 13.8. The standard InChI is InChI=1S/C10H21NO2S/c1-9(2,3)8(12)11-6-10(4,13)7-14-5/h13H,6-7H2,1-5H3,(H,11,12). The zero-order valence-corrected chi connectivity index (χ0v) is 10.5. The van der Waals surface area contributed by atoms with Crippen molar-refractivity contribution in [3.8, 4) is 0 Å². The lowest BCUT2D eigenvalue weighted by Gasteiger charge is -2.25. The molecule has 0 aliphatic heterocycles. The van der Waals surface area contributed by atoms with Gasteiger partial charge >= 0.3 is 0 Å². The molecule has 0 aromatic heterocycles. The molecule has 0 aromatic rings. The fourth-order valence-electron chi connectivity index (χ4n) is 0.898. The normalized spacial score (nSPS) is 16.1. The summed E-state index contributed by atoms with van der Waals surface area (Å²) in [6.45, 7) is 7.60. The van der Waals surface area contributed by atoms with Crippen LogP contribution in [0.5, 0.6) is 0 Å². The number of rotatable bonds is 4. The first-order valence-corrected chi connectivity index (χ1v) is 6.08. The van der Waals surface area contributed by atoms with Crippen molar-refractivity contribution in [3.05, 3.63) is 0 Å². The molecule has 0 aliphatic rings. The molecule has 0 saturated carbocycles. The topological polar surface area (TPSA) is 49.3 Å². The average Bonchev–Trinajstić information content (AvgIpc) is 1.98. The van der Waals surface area contributed by atoms with E-state index in [4.69, 9.17) is 0 Å². The van der Waals surface area contributed by atoms with E-state index >= 15 is 0 Å². The van der Waals surface area contributed by atoms with Crippen molar-refractivity contribution in [2.75, 3.05) is 18.6 Å². The second-order valence-electron chi connectivity index (χ2n) is 4.86. The van der Waals surface area contributed by atoms with Crippen molar-refractivity contribution in [1.82, 2.24) is 5.32 Å². The van der Waals surface area contributed by atoms with Gasteiger partial charge in [0.05, 0.1) is 5.60 Å². The van der Waals surface area contributed by atoms with E-state index in [2.05, 4.69) is 5.32 Å². The minimum Gasteiger partial charge on any atom is -0.387 e. The second kappa shape index (κ2) is 5.03. The predicted octanol–water partition coefficient (Wildman–Crippen LogP) is 1.26. The van der Waals surface area contributed by atoms with Gasteiger partial charge in [-0.25, -0.2) is 0 Å². The number of aliphatic hydroxyl groups is 1. The van der Waals surface area contributed by atoms with Gasteiger partial charge in [-0.15, -0.1) is 0 Å². The van der Waals surface area contributed by atoms with Crippen molar-refractivity contribution in [2.24, 2.45) is 5.41 Å². The Kier molecular flexibility index (Phi) is 4.95. The van der Waals surface area contributed by atoms with Crippen LogP contribution in [0.25, 0.3) is 0 Å². The van der Waals surface area contributed by atoms with Gasteiger partial charge in [0.2, 0.25) is 5.91 Å². The largest absolute Gasteiger partial charge is 0.387 e. The van der Waals surface area contributed by atoms with E-state index in [1.807, 2.05) is 27.0 Å². The summed E-state index contributed by atoms with van der Waals surface area (Å²) in [5, 5.41) is 12.5. The highest BCUT2D eigenvalue weighted by molar-refractivity contribution is 7.98. The van der Waals surface area contributed by atoms with Crippen LogP contribution in [0.1, 0.15) is 27.7 Å². The lowest BCUT2D eigenvalue weighted by molar-refractivity contribution is -0.129. The molecule has 1 amide bonds. The van der Waals surface area contributed by atoms with E-state index in [0.29, 0.717) is 12.3 Å². The Hall–Kier alpha value is -0.220. The molecule has 2 N–H and O–H groups in total. The fourth-order valence-corrected chi connectivity index (χ4v) is 1.62. The van der Waals surface area contributed by atoms with Crippen molar-refractivity contribution in [2.45, 2.75) is 33.3 Å². The molecule has 1 unspecified atom stereocenters. The number of carbonyl (C=O) groups is 1. The number of hydrogen-bond donors (Lipinski definition) is 2. The SMILES string of the molecule is CSCC(C)(O)CNC(=O)C(C)(C)C. The summed E-state index contributed by atoms with van der Waals surface area (Å²) in [5.74, 6) is 0.594. The van der Waals surface area contributed by atoms with E-state index in [9.17, 15) is 9.90 Å². The molecule has 0 rings (SSSR count). The van der Waals surface area contributed by atoms with Gasteiger partial charge in [-0.2, -0.15) is 11.8 Å². The smallest absolute Gasteiger partial charge is 0.225 e. The minimum absolute atomic E-state index is 0.0288. The maximum Gasteiger partial charge on any atom is 0.225 e. The number of amides is 1. The zero-order valence-electron chi connectivity index (χ0n) is 9.68. The Morgan fingerprint density at radius 1 is 1.36 bits per heavy atom. The average molecular weight is 219 g/mol. The Bertz CT molecular complexity index is 197. The van der Waals surface area contributed by atoms with Gasteiger partial charge in [0, 0.05) is 17.7 Å². The van der Waals surface area contributed by atoms with Crippen LogP contribution in [-0.2, 0) is 4.79 Å². The van der Waals surface area contributed by atoms with Crippen LogP contribution in [0.3, 0.4) is 0 Å². The summed E-state index contributed by atoms with van der Waals surface area (Å²) in [6.07, 6.45) is 1.93. The molecule has 0 aromatic carbocycles. The molecule has 0 radical (unpaired) electrons. The maximum atomic E-state index is 11.5. The van der Waals surface area contributed by atoms with Crippen molar-refractivity contribution >= 4 is 17.7 Å². The van der Waals surface area contributed by atoms with Crippen LogP contribution in [-0.4, -0.2) is 35.2 Å². The quantitative estimate of drug-likeness (QED) is 0.748. The van der Waals surface area contributed by atoms with E-state index in [0.717, 1.165) is 0 Å². The minimum atomic E-state index is -0.819. The van der Waals surface area contributed by atoms with Crippen molar-refractivity contribution in [1.29, 1.82) is 0 Å². The van der Waals surface area contributed by atoms with Gasteiger partial charge in [0.15, 0.2) is 0 Å². The van der Waals surface area contributed by atoms with Crippen molar-refractivity contribution in [3.63, 3.8) is 0 Å². The highest BCUT2D eigenvalue weighted by Gasteiger charge is 2.25. The first-order chi connectivity index (χ1) is 6.19. The molecule has 0 fully saturated rings. The molecule has 3 nitrogen and oxygen atoms in total. The molecule has 1 atom stereocenters. The van der Waals surface area contributed by atoms with E-state index in [-0.39, 0.29) is 5.91 Å². The lowest BCUT2D eigenvalue weighted by Crippen LogP contribution is -2.45. The van der Waals surface area contributed by atoms with Crippen LogP contribution in [0.15, 0.2) is 0 Å². The molecule has 14 heavy (non-hydrogen) atoms. The molecule has 84 valence electrons. The molecule has 0 bridgehead atoms. The number of carbonyl (C=O) groups excluding carboxylic acids is 1. The van der Waals surface area contributed by atoms with Gasteiger partial charge in [0.1, 0.15) is 0 Å². The third kappa shape index (κ3) is 5.50. The fraction of sp³-hybridized carbons (Fsp3) is 0.900. The Labute approximate surface area is 90.7 Å². The molecular formula is C10H21NO2S. The van der Waals surface area contributed by atoms with Crippen LogP contribution in [0.4, 0.5) is 0 Å². The summed E-state index contributed by atoms with van der Waals surface area (Å²) in [5.41, 5.74) is -1.21. The monoisotopic (exact) mass is 219 g/mol. The Morgan fingerprint density at radius 3 is 2.21 bits per heavy atom. The van der Waals surface area contributed by atoms with Gasteiger partial charge in [0.25, 0.3) is 0 Å².